The number of nitrogens with one attached hydrogen (secondary N) is 1. The number of aromatic hydroxyl groups is 8. The molecule has 172 valence electrons. The first-order valence-corrected chi connectivity index (χ1v) is 9.57. The fourth-order valence-electron chi connectivity index (χ4n) is 3.68. The first kappa shape index (κ1) is 21.6. The largest absolute Gasteiger partial charge is 0.508 e. The maximum atomic E-state index is 12.8. The molecule has 1 amide bonds. The molecule has 2 atom stereocenters. The summed E-state index contributed by atoms with van der Waals surface area (Å²) >= 11 is 0. The van der Waals surface area contributed by atoms with Gasteiger partial charge in [0.2, 0.25) is 0 Å². The molecule has 0 saturated heterocycles. The molecule has 0 bridgehead atoms. The molecule has 0 fully saturated rings. The van der Waals surface area contributed by atoms with Crippen molar-refractivity contribution in [2.45, 2.75) is 18.6 Å². The van der Waals surface area contributed by atoms with E-state index in [-0.39, 0.29) is 40.4 Å². The minimum Gasteiger partial charge on any atom is -0.508 e. The van der Waals surface area contributed by atoms with E-state index >= 15 is 0 Å². The molecule has 1 aliphatic rings. The number of phenols is 8. The molecule has 9 N–H and O–H groups in total. The first-order chi connectivity index (χ1) is 15.5. The smallest absolute Gasteiger partial charge is 0.251 e. The highest BCUT2D eigenvalue weighted by molar-refractivity contribution is 5.95. The molecule has 33 heavy (non-hydrogen) atoms. The number of carbonyl (C=O) groups is 1. The summed E-state index contributed by atoms with van der Waals surface area (Å²) in [5.74, 6) is -5.53. The SMILES string of the molecule is O=C(N[C@@H]1Cc2c(O)cc(O)cc2O[C@@H]1c1cc(O)c(O)c(O)c1)c1cc(O)c(O)c(O)c1. The molecule has 1 heterocycles. The van der Waals surface area contributed by atoms with E-state index < -0.39 is 52.6 Å². The summed E-state index contributed by atoms with van der Waals surface area (Å²) in [4.78, 5) is 12.8. The van der Waals surface area contributed by atoms with Crippen LogP contribution in [0.5, 0.6) is 51.7 Å². The van der Waals surface area contributed by atoms with Crippen molar-refractivity contribution in [1.29, 1.82) is 0 Å². The fraction of sp³-hybridized carbons (Fsp3) is 0.136. The lowest BCUT2D eigenvalue weighted by Gasteiger charge is -2.35. The Morgan fingerprint density at radius 3 is 1.88 bits per heavy atom. The van der Waals surface area contributed by atoms with Gasteiger partial charge >= 0.3 is 0 Å². The van der Waals surface area contributed by atoms with Crippen molar-refractivity contribution in [3.05, 3.63) is 53.1 Å². The van der Waals surface area contributed by atoms with Gasteiger partial charge < -0.3 is 50.9 Å². The Hall–Kier alpha value is -4.67. The second-order valence-electron chi connectivity index (χ2n) is 7.53. The molecule has 0 radical (unpaired) electrons. The molecule has 4 rings (SSSR count). The zero-order valence-corrected chi connectivity index (χ0v) is 16.7. The van der Waals surface area contributed by atoms with Gasteiger partial charge in [0.05, 0.1) is 6.04 Å². The normalized spacial score (nSPS) is 17.1. The number of hydrogen-bond donors (Lipinski definition) is 9. The van der Waals surface area contributed by atoms with E-state index in [1.165, 1.54) is 6.07 Å². The molecule has 11 nitrogen and oxygen atoms in total. The topological polar surface area (TPSA) is 200 Å². The van der Waals surface area contributed by atoms with Crippen molar-refractivity contribution < 1.29 is 50.4 Å². The van der Waals surface area contributed by atoms with E-state index in [0.717, 1.165) is 30.3 Å². The van der Waals surface area contributed by atoms with Crippen LogP contribution >= 0.6 is 0 Å². The van der Waals surface area contributed by atoms with Crippen molar-refractivity contribution >= 4 is 5.91 Å². The van der Waals surface area contributed by atoms with Crippen LogP contribution < -0.4 is 10.1 Å². The Morgan fingerprint density at radius 1 is 0.758 bits per heavy atom. The molecular weight excluding hydrogens is 438 g/mol. The van der Waals surface area contributed by atoms with Crippen LogP contribution in [0.25, 0.3) is 0 Å². The van der Waals surface area contributed by atoms with E-state index in [1.807, 2.05) is 0 Å². The van der Waals surface area contributed by atoms with Gasteiger partial charge in [-0.1, -0.05) is 0 Å². The summed E-state index contributed by atoms with van der Waals surface area (Å²) in [6, 6.07) is 5.51. The van der Waals surface area contributed by atoms with Crippen LogP contribution in [-0.2, 0) is 6.42 Å². The Kier molecular flexibility index (Phi) is 5.09. The van der Waals surface area contributed by atoms with Crippen LogP contribution in [0.15, 0.2) is 36.4 Å². The zero-order valence-electron chi connectivity index (χ0n) is 16.7. The molecule has 0 unspecified atom stereocenters. The van der Waals surface area contributed by atoms with E-state index in [2.05, 4.69) is 5.32 Å². The van der Waals surface area contributed by atoms with Gasteiger partial charge in [-0.3, -0.25) is 4.79 Å². The predicted octanol–water partition coefficient (Wildman–Crippen LogP) is 1.81. The van der Waals surface area contributed by atoms with Gasteiger partial charge in [-0.25, -0.2) is 0 Å². The molecule has 3 aromatic rings. The van der Waals surface area contributed by atoms with Gasteiger partial charge in [0.1, 0.15) is 23.4 Å². The number of benzene rings is 3. The lowest BCUT2D eigenvalue weighted by Crippen LogP contribution is -2.45. The van der Waals surface area contributed by atoms with Crippen LogP contribution in [0.3, 0.4) is 0 Å². The summed E-state index contributed by atoms with van der Waals surface area (Å²) in [5.41, 5.74) is 0.217. The lowest BCUT2D eigenvalue weighted by atomic mass is 9.91. The standard InChI is InChI=1S/C22H19NO10/c24-10-5-13(25)11-7-12(23-22(32)9-3-16(28)20(31)17(29)4-9)21(33-18(11)6-10)8-1-14(26)19(30)15(27)2-8/h1-6,12,21,24-31H,7H2,(H,23,32)/t12-,21-/m1/s1. The fourth-order valence-corrected chi connectivity index (χ4v) is 3.68. The molecule has 0 spiro atoms. The molecule has 11 heteroatoms. The third-order valence-electron chi connectivity index (χ3n) is 5.28. The van der Waals surface area contributed by atoms with E-state index in [9.17, 15) is 45.6 Å². The number of fused-ring (bicyclic) bond motifs is 1. The van der Waals surface area contributed by atoms with Gasteiger partial charge in [0.15, 0.2) is 34.5 Å². The number of ether oxygens (including phenoxy) is 1. The van der Waals surface area contributed by atoms with Gasteiger partial charge in [-0.15, -0.1) is 0 Å². The minimum absolute atomic E-state index is 0.0176. The van der Waals surface area contributed by atoms with Crippen LogP contribution in [0.2, 0.25) is 0 Å². The van der Waals surface area contributed by atoms with Gasteiger partial charge in [-0.2, -0.15) is 0 Å². The Bertz CT molecular complexity index is 1230. The number of carbonyl (C=O) groups excluding carboxylic acids is 1. The Morgan fingerprint density at radius 2 is 1.30 bits per heavy atom. The Balaban J connectivity index is 1.75. The number of hydrogen-bond acceptors (Lipinski definition) is 10. The highest BCUT2D eigenvalue weighted by Crippen LogP contribution is 2.45. The molecule has 0 aromatic heterocycles. The zero-order chi connectivity index (χ0) is 24.0. The molecule has 0 aliphatic carbocycles. The summed E-state index contributed by atoms with van der Waals surface area (Å²) in [6.45, 7) is 0. The third kappa shape index (κ3) is 3.87. The average molecular weight is 457 g/mol. The van der Waals surface area contributed by atoms with E-state index in [1.54, 1.807) is 0 Å². The van der Waals surface area contributed by atoms with Crippen molar-refractivity contribution in [3.63, 3.8) is 0 Å². The molecule has 1 aliphatic heterocycles. The number of amides is 1. The summed E-state index contributed by atoms with van der Waals surface area (Å²) in [5, 5.41) is 81.0. The monoisotopic (exact) mass is 457 g/mol. The first-order valence-electron chi connectivity index (χ1n) is 9.57. The molecule has 3 aromatic carbocycles. The molecule has 0 saturated carbocycles. The maximum Gasteiger partial charge on any atom is 0.251 e. The second-order valence-corrected chi connectivity index (χ2v) is 7.53. The van der Waals surface area contributed by atoms with Crippen molar-refractivity contribution in [3.8, 4) is 51.7 Å². The minimum atomic E-state index is -1.07. The summed E-state index contributed by atoms with van der Waals surface area (Å²) in [7, 11) is 0. The number of phenolic OH excluding ortho intramolecular Hbond substituents is 8. The van der Waals surface area contributed by atoms with Crippen LogP contribution in [-0.4, -0.2) is 52.8 Å². The van der Waals surface area contributed by atoms with E-state index in [4.69, 9.17) is 4.74 Å². The van der Waals surface area contributed by atoms with Gasteiger partial charge in [0, 0.05) is 35.2 Å². The lowest BCUT2D eigenvalue weighted by molar-refractivity contribution is 0.0836. The maximum absolute atomic E-state index is 12.8. The summed E-state index contributed by atoms with van der Waals surface area (Å²) in [6.07, 6.45) is -1.09. The summed E-state index contributed by atoms with van der Waals surface area (Å²) < 4.78 is 5.87. The predicted molar refractivity (Wildman–Crippen MR) is 111 cm³/mol. The average Bonchev–Trinajstić information content (AvgIpc) is 2.75. The van der Waals surface area contributed by atoms with E-state index in [0.29, 0.717) is 0 Å². The number of rotatable bonds is 3. The van der Waals surface area contributed by atoms with Crippen LogP contribution in [0, 0.1) is 0 Å². The van der Waals surface area contributed by atoms with Crippen molar-refractivity contribution in [1.82, 2.24) is 5.32 Å². The third-order valence-corrected chi connectivity index (χ3v) is 5.28. The van der Waals surface area contributed by atoms with Crippen molar-refractivity contribution in [2.24, 2.45) is 0 Å². The Labute approximate surface area is 185 Å². The van der Waals surface area contributed by atoms with Crippen molar-refractivity contribution in [2.75, 3.05) is 0 Å². The van der Waals surface area contributed by atoms with Crippen LogP contribution in [0.4, 0.5) is 0 Å². The van der Waals surface area contributed by atoms with Gasteiger partial charge in [0.25, 0.3) is 5.91 Å². The second kappa shape index (κ2) is 7.79. The molecular formula is C22H19NO10. The van der Waals surface area contributed by atoms with Gasteiger partial charge in [-0.05, 0) is 24.3 Å². The highest BCUT2D eigenvalue weighted by atomic mass is 16.5. The highest BCUT2D eigenvalue weighted by Gasteiger charge is 2.35. The quantitative estimate of drug-likeness (QED) is 0.261. The van der Waals surface area contributed by atoms with Crippen LogP contribution in [0.1, 0.15) is 27.6 Å².